The first-order valence-electron chi connectivity index (χ1n) is 9.26. The smallest absolute Gasteiger partial charge is 0.0445 e. The van der Waals surface area contributed by atoms with Gasteiger partial charge in [0.05, 0.1) is 0 Å². The Morgan fingerprint density at radius 3 is 1.74 bits per heavy atom. The minimum absolute atomic E-state index is 0.287. The van der Waals surface area contributed by atoms with E-state index < -0.39 is 0 Å². The zero-order valence-electron chi connectivity index (χ0n) is 14.7. The predicted molar refractivity (Wildman–Crippen MR) is 97.1 cm³/mol. The molecule has 0 bridgehead atoms. The maximum atomic E-state index is 3.56. The molecule has 0 saturated heterocycles. The standard InChI is InChI=1S/2C9H11.C4H8.Zr/c2*1-2-5-9-7-3-6-8(9)4-1;1-4(2)3;/h2*1-2,4,6,9H,3,5,7H2;1H2,2-3H3;. The molecular weight excluding hydrogens is 355 g/mol. The Kier molecular flexibility index (Phi) is 6.14. The molecule has 0 aromatic rings. The molecule has 23 heavy (non-hydrogen) atoms. The fraction of sp³-hybridized carbons (Fsp3) is 0.545. The third kappa shape index (κ3) is 4.36. The van der Waals surface area contributed by atoms with Crippen LogP contribution in [0.15, 0.2) is 59.8 Å². The van der Waals surface area contributed by atoms with Crippen molar-refractivity contribution in [1.29, 1.82) is 0 Å². The van der Waals surface area contributed by atoms with E-state index in [1.54, 1.807) is 0 Å². The number of hydrogen-bond acceptors (Lipinski definition) is 0. The summed E-state index contributed by atoms with van der Waals surface area (Å²) >= 11 is -0.287. The van der Waals surface area contributed by atoms with Crippen LogP contribution in [0.5, 0.6) is 0 Å². The van der Waals surface area contributed by atoms with Crippen molar-refractivity contribution in [1.82, 2.24) is 0 Å². The Morgan fingerprint density at radius 2 is 1.30 bits per heavy atom. The summed E-state index contributed by atoms with van der Waals surface area (Å²) in [6.45, 7) is 7.50. The Balaban J connectivity index is 0.000000354. The summed E-state index contributed by atoms with van der Waals surface area (Å²) < 4.78 is 2.13. The van der Waals surface area contributed by atoms with E-state index in [0.717, 1.165) is 19.1 Å². The van der Waals surface area contributed by atoms with Crippen LogP contribution in [0.2, 0.25) is 7.25 Å². The van der Waals surface area contributed by atoms with Crippen LogP contribution in [0.1, 0.15) is 52.4 Å². The summed E-state index contributed by atoms with van der Waals surface area (Å²) in [5.41, 5.74) is 4.90. The van der Waals surface area contributed by atoms with Crippen molar-refractivity contribution < 1.29 is 23.2 Å². The third-order valence-corrected chi connectivity index (χ3v) is 10.5. The summed E-state index contributed by atoms with van der Waals surface area (Å²) in [6.07, 6.45) is 23.0. The van der Waals surface area contributed by atoms with Gasteiger partial charge in [0.1, 0.15) is 0 Å². The first kappa shape index (κ1) is 17.4. The topological polar surface area (TPSA) is 0 Å². The van der Waals surface area contributed by atoms with Crippen LogP contribution in [0.25, 0.3) is 0 Å². The van der Waals surface area contributed by atoms with E-state index in [0.29, 0.717) is 0 Å². The number of allylic oxidation sites excluding steroid dienone is 9. The van der Waals surface area contributed by atoms with Gasteiger partial charge in [-0.05, 0) is 13.8 Å². The fourth-order valence-electron chi connectivity index (χ4n) is 4.43. The first-order valence-corrected chi connectivity index (χ1v) is 12.1. The Hall–Kier alpha value is -0.417. The number of hydrogen-bond donors (Lipinski definition) is 0. The second-order valence-corrected chi connectivity index (χ2v) is 11.9. The molecule has 0 nitrogen and oxygen atoms in total. The van der Waals surface area contributed by atoms with Gasteiger partial charge in [0.25, 0.3) is 0 Å². The maximum absolute atomic E-state index is 3.56. The Bertz CT molecular complexity index is 513. The van der Waals surface area contributed by atoms with Gasteiger partial charge in [-0.15, -0.1) is 6.58 Å². The molecule has 4 unspecified atom stereocenters. The average molecular weight is 386 g/mol. The average Bonchev–Trinajstić information content (AvgIpc) is 3.13. The van der Waals surface area contributed by atoms with Crippen molar-refractivity contribution in [3.05, 3.63) is 59.8 Å². The molecule has 4 atom stereocenters. The van der Waals surface area contributed by atoms with Crippen molar-refractivity contribution in [2.45, 2.75) is 59.6 Å². The van der Waals surface area contributed by atoms with Crippen molar-refractivity contribution in [3.63, 3.8) is 0 Å². The van der Waals surface area contributed by atoms with Gasteiger partial charge in [0, 0.05) is 0 Å². The third-order valence-electron chi connectivity index (χ3n) is 5.45. The molecule has 4 aliphatic carbocycles. The van der Waals surface area contributed by atoms with E-state index in [2.05, 4.69) is 43.0 Å². The molecule has 2 fully saturated rings. The largest absolute Gasteiger partial charge is 0.100 e. The van der Waals surface area contributed by atoms with E-state index in [1.807, 2.05) is 25.0 Å². The normalized spacial score (nSPS) is 33.8. The molecule has 2 saturated carbocycles. The number of rotatable bonds is 2. The van der Waals surface area contributed by atoms with Crippen LogP contribution in [0.4, 0.5) is 0 Å². The van der Waals surface area contributed by atoms with Gasteiger partial charge < -0.3 is 0 Å². The van der Waals surface area contributed by atoms with E-state index in [1.165, 1.54) is 44.1 Å². The molecule has 4 aliphatic rings. The maximum Gasteiger partial charge on any atom is -0.0445 e. The summed E-state index contributed by atoms with van der Waals surface area (Å²) in [5, 5.41) is 0. The fourth-order valence-corrected chi connectivity index (χ4v) is 9.84. The van der Waals surface area contributed by atoms with Gasteiger partial charge in [0.15, 0.2) is 0 Å². The Morgan fingerprint density at radius 1 is 0.870 bits per heavy atom. The monoisotopic (exact) mass is 384 g/mol. The van der Waals surface area contributed by atoms with Gasteiger partial charge in [-0.25, -0.2) is 0 Å². The molecule has 0 aromatic carbocycles. The van der Waals surface area contributed by atoms with Crippen molar-refractivity contribution in [2.24, 2.45) is 11.8 Å². The minimum Gasteiger partial charge on any atom is -0.100 e. The molecule has 0 spiro atoms. The van der Waals surface area contributed by atoms with Gasteiger partial charge >= 0.3 is 128 Å². The van der Waals surface area contributed by atoms with Gasteiger partial charge in [0.2, 0.25) is 0 Å². The van der Waals surface area contributed by atoms with Crippen molar-refractivity contribution >= 4 is 0 Å². The second-order valence-electron chi connectivity index (χ2n) is 7.69. The second kappa shape index (κ2) is 8.11. The summed E-state index contributed by atoms with van der Waals surface area (Å²) in [7, 11) is 0. The molecule has 0 aliphatic heterocycles. The van der Waals surface area contributed by atoms with Crippen LogP contribution in [0, 0.1) is 11.8 Å². The quantitative estimate of drug-likeness (QED) is 0.457. The first-order chi connectivity index (χ1) is 11.1. The molecule has 4 rings (SSSR count). The van der Waals surface area contributed by atoms with Crippen molar-refractivity contribution in [2.75, 3.05) is 0 Å². The number of fused-ring (bicyclic) bond motifs is 2. The van der Waals surface area contributed by atoms with Crippen molar-refractivity contribution in [3.8, 4) is 0 Å². The SMILES string of the molecule is C1=CCC2CC[CH]([Zr][CH]3CCC4CC=CC=C43)C2=C1.C=C(C)C. The van der Waals surface area contributed by atoms with E-state index >= 15 is 0 Å². The molecule has 0 aromatic heterocycles. The zero-order chi connectivity index (χ0) is 16.2. The summed E-state index contributed by atoms with van der Waals surface area (Å²) in [6, 6.07) is 0. The van der Waals surface area contributed by atoms with E-state index in [9.17, 15) is 0 Å². The van der Waals surface area contributed by atoms with Gasteiger partial charge in [-0.3, -0.25) is 0 Å². The summed E-state index contributed by atoms with van der Waals surface area (Å²) in [4.78, 5) is 0. The molecular formula is C22H30Zr. The van der Waals surface area contributed by atoms with E-state index in [-0.39, 0.29) is 23.2 Å². The molecule has 1 heteroatoms. The van der Waals surface area contributed by atoms with Crippen LogP contribution < -0.4 is 0 Å². The predicted octanol–water partition coefficient (Wildman–Crippen LogP) is 6.82. The van der Waals surface area contributed by atoms with Crippen LogP contribution in [-0.2, 0) is 23.2 Å². The molecule has 0 N–H and O–H groups in total. The molecule has 0 amide bonds. The molecule has 0 radical (unpaired) electrons. The Labute approximate surface area is 154 Å². The van der Waals surface area contributed by atoms with Crippen LogP contribution >= 0.6 is 0 Å². The minimum atomic E-state index is -0.287. The molecule has 122 valence electrons. The van der Waals surface area contributed by atoms with Gasteiger partial charge in [-0.2, -0.15) is 0 Å². The summed E-state index contributed by atoms with van der Waals surface area (Å²) in [5.74, 6) is 1.88. The van der Waals surface area contributed by atoms with Crippen LogP contribution in [0.3, 0.4) is 0 Å². The van der Waals surface area contributed by atoms with Crippen LogP contribution in [-0.4, -0.2) is 0 Å². The van der Waals surface area contributed by atoms with Gasteiger partial charge in [-0.1, -0.05) is 5.57 Å². The van der Waals surface area contributed by atoms with E-state index in [4.69, 9.17) is 0 Å². The zero-order valence-corrected chi connectivity index (χ0v) is 17.2. The molecule has 0 heterocycles.